The second-order valence-corrected chi connectivity index (χ2v) is 9.28. The van der Waals surface area contributed by atoms with Gasteiger partial charge in [0, 0.05) is 46.4 Å². The van der Waals surface area contributed by atoms with Crippen molar-refractivity contribution >= 4 is 15.9 Å². The van der Waals surface area contributed by atoms with Crippen LogP contribution in [0.5, 0.6) is 0 Å². The fourth-order valence-corrected chi connectivity index (χ4v) is 5.90. The van der Waals surface area contributed by atoms with Gasteiger partial charge in [-0.2, -0.15) is 4.31 Å². The third-order valence-electron chi connectivity index (χ3n) is 5.74. The fourth-order valence-electron chi connectivity index (χ4n) is 4.14. The molecule has 28 heavy (non-hydrogen) atoms. The number of rotatable bonds is 7. The number of carbonyl (C=O) groups is 1. The molecule has 0 radical (unpaired) electrons. The zero-order valence-corrected chi connectivity index (χ0v) is 17.7. The minimum atomic E-state index is -3.52. The number of ether oxygens (including phenoxy) is 1. The molecule has 1 aromatic rings. The Morgan fingerprint density at radius 2 is 1.89 bits per heavy atom. The second kappa shape index (κ2) is 9.35. The summed E-state index contributed by atoms with van der Waals surface area (Å²) in [5, 5.41) is 0. The molecule has 2 aliphatic heterocycles. The Kier molecular flexibility index (Phi) is 7.09. The highest BCUT2D eigenvalue weighted by Gasteiger charge is 2.37. The molecule has 2 fully saturated rings. The largest absolute Gasteiger partial charge is 0.383 e. The van der Waals surface area contributed by atoms with Gasteiger partial charge < -0.3 is 9.64 Å². The van der Waals surface area contributed by atoms with Crippen molar-refractivity contribution < 1.29 is 17.9 Å². The quantitative estimate of drug-likeness (QED) is 0.677. The standard InChI is InChI=1S/C20H31N3O4S/c1-3-17-7-4-5-8-19(17)28(25,26)23-11-6-10-21(13-14-23)18-9-12-22(20(18)24)15-16-27-2/h4-5,7-8,18H,3,6,9-16H2,1-2H3/t18-/m0/s1. The Labute approximate surface area is 168 Å². The van der Waals surface area contributed by atoms with Gasteiger partial charge in [-0.1, -0.05) is 25.1 Å². The highest BCUT2D eigenvalue weighted by Crippen LogP contribution is 2.24. The third-order valence-corrected chi connectivity index (χ3v) is 7.74. The van der Waals surface area contributed by atoms with Gasteiger partial charge in [0.25, 0.3) is 0 Å². The van der Waals surface area contributed by atoms with Crippen molar-refractivity contribution in [3.8, 4) is 0 Å². The summed E-state index contributed by atoms with van der Waals surface area (Å²) in [4.78, 5) is 17.1. The number of amides is 1. The summed E-state index contributed by atoms with van der Waals surface area (Å²) in [5.74, 6) is 0.143. The number of benzene rings is 1. The lowest BCUT2D eigenvalue weighted by atomic mass is 10.2. The molecule has 0 N–H and O–H groups in total. The summed E-state index contributed by atoms with van der Waals surface area (Å²) in [5.41, 5.74) is 0.850. The average molecular weight is 410 g/mol. The Balaban J connectivity index is 1.67. The average Bonchev–Trinajstić information content (AvgIpc) is 2.91. The summed E-state index contributed by atoms with van der Waals surface area (Å²) < 4.78 is 33.1. The third kappa shape index (κ3) is 4.40. The summed E-state index contributed by atoms with van der Waals surface area (Å²) in [6.07, 6.45) is 2.21. The number of sulfonamides is 1. The van der Waals surface area contributed by atoms with E-state index in [1.165, 1.54) is 0 Å². The van der Waals surface area contributed by atoms with Crippen LogP contribution in [0.15, 0.2) is 29.2 Å². The van der Waals surface area contributed by atoms with E-state index < -0.39 is 10.0 Å². The van der Waals surface area contributed by atoms with Crippen LogP contribution in [-0.4, -0.2) is 87.5 Å². The first-order valence-electron chi connectivity index (χ1n) is 10.1. The lowest BCUT2D eigenvalue weighted by Crippen LogP contribution is -2.44. The summed E-state index contributed by atoms with van der Waals surface area (Å²) in [7, 11) is -1.88. The van der Waals surface area contributed by atoms with E-state index in [4.69, 9.17) is 4.74 Å². The maximum Gasteiger partial charge on any atom is 0.243 e. The maximum absolute atomic E-state index is 13.2. The summed E-state index contributed by atoms with van der Waals surface area (Å²) in [6.45, 7) is 6.12. The first-order valence-corrected chi connectivity index (χ1v) is 11.5. The van der Waals surface area contributed by atoms with Gasteiger partial charge in [-0.25, -0.2) is 8.42 Å². The number of likely N-dealkylation sites (tertiary alicyclic amines) is 1. The van der Waals surface area contributed by atoms with Crippen LogP contribution in [0.25, 0.3) is 0 Å². The molecule has 0 aliphatic carbocycles. The van der Waals surface area contributed by atoms with Crippen LogP contribution in [-0.2, 0) is 26.0 Å². The SMILES string of the molecule is CCc1ccccc1S(=O)(=O)N1CCCN([C@H]2CCN(CCOC)C2=O)CC1. The highest BCUT2D eigenvalue weighted by molar-refractivity contribution is 7.89. The van der Waals surface area contributed by atoms with Gasteiger partial charge in [0.05, 0.1) is 17.5 Å². The van der Waals surface area contributed by atoms with E-state index in [1.807, 2.05) is 24.0 Å². The predicted octanol–water partition coefficient (Wildman–Crippen LogP) is 1.19. The topological polar surface area (TPSA) is 70.2 Å². The van der Waals surface area contributed by atoms with E-state index in [-0.39, 0.29) is 11.9 Å². The van der Waals surface area contributed by atoms with Gasteiger partial charge >= 0.3 is 0 Å². The molecule has 0 aromatic heterocycles. The van der Waals surface area contributed by atoms with Crippen molar-refractivity contribution in [2.45, 2.75) is 37.1 Å². The smallest absolute Gasteiger partial charge is 0.243 e. The zero-order chi connectivity index (χ0) is 20.1. The Bertz CT molecular complexity index is 783. The van der Waals surface area contributed by atoms with E-state index in [2.05, 4.69) is 4.90 Å². The number of aryl methyl sites for hydroxylation is 1. The molecule has 3 rings (SSSR count). The normalized spacial score (nSPS) is 22.6. The number of hydrogen-bond acceptors (Lipinski definition) is 5. The molecular weight excluding hydrogens is 378 g/mol. The lowest BCUT2D eigenvalue weighted by molar-refractivity contribution is -0.132. The van der Waals surface area contributed by atoms with Crippen LogP contribution < -0.4 is 0 Å². The van der Waals surface area contributed by atoms with E-state index in [0.717, 1.165) is 31.5 Å². The van der Waals surface area contributed by atoms with Gasteiger partial charge in [0.1, 0.15) is 0 Å². The molecule has 0 unspecified atom stereocenters. The summed E-state index contributed by atoms with van der Waals surface area (Å²) in [6, 6.07) is 7.10. The first kappa shape index (κ1) is 21.2. The lowest BCUT2D eigenvalue weighted by Gasteiger charge is -2.26. The first-order chi connectivity index (χ1) is 13.5. The van der Waals surface area contributed by atoms with Crippen LogP contribution in [0.1, 0.15) is 25.3 Å². The Morgan fingerprint density at radius 3 is 2.64 bits per heavy atom. The number of carbonyl (C=O) groups excluding carboxylic acids is 1. The molecule has 1 amide bonds. The Morgan fingerprint density at radius 1 is 1.11 bits per heavy atom. The number of nitrogens with zero attached hydrogens (tertiary/aromatic N) is 3. The minimum absolute atomic E-state index is 0.137. The number of methoxy groups -OCH3 is 1. The molecule has 1 atom stereocenters. The van der Waals surface area contributed by atoms with Crippen LogP contribution in [0.2, 0.25) is 0 Å². The van der Waals surface area contributed by atoms with Gasteiger partial charge in [-0.05, 0) is 30.9 Å². The van der Waals surface area contributed by atoms with E-state index in [9.17, 15) is 13.2 Å². The van der Waals surface area contributed by atoms with E-state index >= 15 is 0 Å². The van der Waals surface area contributed by atoms with Crippen molar-refractivity contribution in [1.82, 2.24) is 14.1 Å². The monoisotopic (exact) mass is 409 g/mol. The molecule has 156 valence electrons. The van der Waals surface area contributed by atoms with Crippen molar-refractivity contribution in [2.75, 3.05) is 53.0 Å². The maximum atomic E-state index is 13.2. The van der Waals surface area contributed by atoms with E-state index in [0.29, 0.717) is 44.1 Å². The molecule has 8 heteroatoms. The summed E-state index contributed by atoms with van der Waals surface area (Å²) >= 11 is 0. The molecule has 0 bridgehead atoms. The molecule has 2 heterocycles. The molecule has 7 nitrogen and oxygen atoms in total. The second-order valence-electron chi connectivity index (χ2n) is 7.38. The van der Waals surface area contributed by atoms with Crippen LogP contribution in [0.4, 0.5) is 0 Å². The van der Waals surface area contributed by atoms with Gasteiger partial charge in [-0.3, -0.25) is 9.69 Å². The van der Waals surface area contributed by atoms with E-state index in [1.54, 1.807) is 23.5 Å². The fraction of sp³-hybridized carbons (Fsp3) is 0.650. The molecular formula is C20H31N3O4S. The van der Waals surface area contributed by atoms with Gasteiger partial charge in [-0.15, -0.1) is 0 Å². The van der Waals surface area contributed by atoms with Crippen LogP contribution in [0.3, 0.4) is 0 Å². The highest BCUT2D eigenvalue weighted by atomic mass is 32.2. The van der Waals surface area contributed by atoms with Crippen LogP contribution in [0, 0.1) is 0 Å². The molecule has 0 saturated carbocycles. The number of hydrogen-bond donors (Lipinski definition) is 0. The Hall–Kier alpha value is -1.48. The molecule has 2 aliphatic rings. The predicted molar refractivity (Wildman–Crippen MR) is 108 cm³/mol. The van der Waals surface area contributed by atoms with Crippen molar-refractivity contribution in [3.63, 3.8) is 0 Å². The van der Waals surface area contributed by atoms with Crippen molar-refractivity contribution in [1.29, 1.82) is 0 Å². The molecule has 1 aromatic carbocycles. The van der Waals surface area contributed by atoms with Crippen molar-refractivity contribution in [2.24, 2.45) is 0 Å². The zero-order valence-electron chi connectivity index (χ0n) is 16.8. The van der Waals surface area contributed by atoms with Gasteiger partial charge in [0.2, 0.25) is 15.9 Å². The molecule has 2 saturated heterocycles. The minimum Gasteiger partial charge on any atom is -0.383 e. The van der Waals surface area contributed by atoms with Crippen LogP contribution >= 0.6 is 0 Å². The van der Waals surface area contributed by atoms with Crippen molar-refractivity contribution in [3.05, 3.63) is 29.8 Å². The van der Waals surface area contributed by atoms with Gasteiger partial charge in [0.15, 0.2) is 0 Å². The molecule has 0 spiro atoms.